The Labute approximate surface area is 159 Å². The lowest BCUT2D eigenvalue weighted by molar-refractivity contribution is -0.907. The van der Waals surface area contributed by atoms with Crippen LogP contribution in [0.3, 0.4) is 0 Å². The molecule has 0 bridgehead atoms. The Bertz CT molecular complexity index is 713. The van der Waals surface area contributed by atoms with Gasteiger partial charge in [0.2, 0.25) is 0 Å². The minimum Gasteiger partial charge on any atom is -0.497 e. The van der Waals surface area contributed by atoms with Crippen molar-refractivity contribution in [1.29, 1.82) is 0 Å². The number of amides is 1. The van der Waals surface area contributed by atoms with Crippen LogP contribution in [0.25, 0.3) is 0 Å². The lowest BCUT2D eigenvalue weighted by Crippen LogP contribution is -3.16. The summed E-state index contributed by atoms with van der Waals surface area (Å²) in [5, 5.41) is 10.2. The van der Waals surface area contributed by atoms with Crippen molar-refractivity contribution in [3.63, 3.8) is 0 Å². The van der Waals surface area contributed by atoms with Crippen LogP contribution >= 0.6 is 0 Å². The van der Waals surface area contributed by atoms with Gasteiger partial charge >= 0.3 is 0 Å². The minimum atomic E-state index is -0.524. The monoisotopic (exact) mass is 371 g/mol. The average Bonchev–Trinajstić information content (AvgIpc) is 2.73. The second kappa shape index (κ2) is 9.39. The van der Waals surface area contributed by atoms with Crippen LogP contribution in [0, 0.1) is 0 Å². The summed E-state index contributed by atoms with van der Waals surface area (Å²) in [4.78, 5) is 15.8. The van der Waals surface area contributed by atoms with Crippen molar-refractivity contribution >= 4 is 5.91 Å². The molecule has 0 saturated carbocycles. The predicted molar refractivity (Wildman–Crippen MR) is 102 cm³/mol. The largest absolute Gasteiger partial charge is 0.497 e. The molecule has 2 N–H and O–H groups in total. The normalized spacial score (nSPS) is 16.0. The van der Waals surface area contributed by atoms with E-state index in [0.29, 0.717) is 25.2 Å². The Balaban J connectivity index is 1.42. The second-order valence-electron chi connectivity index (χ2n) is 6.75. The van der Waals surface area contributed by atoms with E-state index >= 15 is 0 Å². The van der Waals surface area contributed by atoms with E-state index in [1.54, 1.807) is 31.4 Å². The Hall–Kier alpha value is -2.57. The fraction of sp³-hybridized carbons (Fsp3) is 0.381. The lowest BCUT2D eigenvalue weighted by Gasteiger charge is -2.33. The van der Waals surface area contributed by atoms with Crippen LogP contribution in [0.2, 0.25) is 0 Å². The zero-order valence-corrected chi connectivity index (χ0v) is 15.6. The molecule has 0 radical (unpaired) electrons. The smallest absolute Gasteiger partial charge is 0.254 e. The number of rotatable bonds is 7. The van der Waals surface area contributed by atoms with Crippen molar-refractivity contribution in [3.05, 3.63) is 60.2 Å². The van der Waals surface area contributed by atoms with E-state index in [1.807, 2.05) is 35.2 Å². The van der Waals surface area contributed by atoms with Crippen LogP contribution in [0.5, 0.6) is 11.5 Å². The van der Waals surface area contributed by atoms with Gasteiger partial charge in [-0.15, -0.1) is 0 Å². The minimum absolute atomic E-state index is 0.0460. The molecule has 1 heterocycles. The van der Waals surface area contributed by atoms with Gasteiger partial charge in [-0.05, 0) is 36.4 Å². The molecule has 6 heteroatoms. The topological polar surface area (TPSA) is 63.4 Å². The maximum Gasteiger partial charge on any atom is 0.254 e. The van der Waals surface area contributed by atoms with Gasteiger partial charge in [-0.25, -0.2) is 0 Å². The number of ether oxygens (including phenoxy) is 2. The van der Waals surface area contributed by atoms with Crippen LogP contribution in [-0.4, -0.2) is 68.5 Å². The zero-order chi connectivity index (χ0) is 19.1. The van der Waals surface area contributed by atoms with Gasteiger partial charge in [0.05, 0.1) is 33.3 Å². The van der Waals surface area contributed by atoms with Crippen LogP contribution in [-0.2, 0) is 0 Å². The number of piperazine rings is 1. The first-order valence-electron chi connectivity index (χ1n) is 9.28. The molecule has 1 aliphatic heterocycles. The van der Waals surface area contributed by atoms with Gasteiger partial charge in [0.1, 0.15) is 30.8 Å². The van der Waals surface area contributed by atoms with Gasteiger partial charge in [-0.1, -0.05) is 18.2 Å². The van der Waals surface area contributed by atoms with Gasteiger partial charge in [0.15, 0.2) is 0 Å². The molecule has 0 aliphatic carbocycles. The van der Waals surface area contributed by atoms with Crippen molar-refractivity contribution in [2.45, 2.75) is 6.10 Å². The highest BCUT2D eigenvalue weighted by Crippen LogP contribution is 2.13. The van der Waals surface area contributed by atoms with Crippen molar-refractivity contribution < 1.29 is 24.3 Å². The molecule has 1 atom stereocenters. The molecule has 0 spiro atoms. The van der Waals surface area contributed by atoms with E-state index in [-0.39, 0.29) is 12.5 Å². The summed E-state index contributed by atoms with van der Waals surface area (Å²) in [6.07, 6.45) is -0.524. The maximum absolute atomic E-state index is 12.6. The highest BCUT2D eigenvalue weighted by molar-refractivity contribution is 5.94. The van der Waals surface area contributed by atoms with E-state index in [4.69, 9.17) is 9.47 Å². The molecular formula is C21H27N2O4+. The summed E-state index contributed by atoms with van der Waals surface area (Å²) in [6, 6.07) is 16.7. The van der Waals surface area contributed by atoms with Crippen LogP contribution in [0.1, 0.15) is 10.4 Å². The van der Waals surface area contributed by atoms with Gasteiger partial charge in [-0.2, -0.15) is 0 Å². The quantitative estimate of drug-likeness (QED) is 0.743. The maximum atomic E-state index is 12.6. The zero-order valence-electron chi connectivity index (χ0n) is 15.6. The number of hydrogen-bond donors (Lipinski definition) is 2. The number of nitrogens with one attached hydrogen (secondary N) is 1. The van der Waals surface area contributed by atoms with E-state index < -0.39 is 6.10 Å². The third-order valence-electron chi connectivity index (χ3n) is 4.80. The Kier molecular flexibility index (Phi) is 6.68. The van der Waals surface area contributed by atoms with Gasteiger partial charge in [0.25, 0.3) is 5.91 Å². The van der Waals surface area contributed by atoms with Crippen molar-refractivity contribution in [2.75, 3.05) is 46.4 Å². The number of benzene rings is 2. The number of aliphatic hydroxyl groups excluding tert-OH is 1. The van der Waals surface area contributed by atoms with Gasteiger partial charge in [-0.3, -0.25) is 4.79 Å². The number of carbonyl (C=O) groups is 1. The molecule has 1 saturated heterocycles. The molecule has 1 fully saturated rings. The van der Waals surface area contributed by atoms with Crippen LogP contribution < -0.4 is 14.4 Å². The summed E-state index contributed by atoms with van der Waals surface area (Å²) in [6.45, 7) is 3.92. The van der Waals surface area contributed by atoms with Gasteiger partial charge in [0, 0.05) is 5.56 Å². The molecule has 2 aromatic rings. The number of aliphatic hydroxyl groups is 1. The molecule has 27 heavy (non-hydrogen) atoms. The second-order valence-corrected chi connectivity index (χ2v) is 6.75. The molecule has 3 rings (SSSR count). The van der Waals surface area contributed by atoms with Crippen molar-refractivity contribution in [3.8, 4) is 11.5 Å². The molecule has 144 valence electrons. The van der Waals surface area contributed by atoms with Crippen molar-refractivity contribution in [1.82, 2.24) is 4.90 Å². The number of methoxy groups -OCH3 is 1. The summed E-state index contributed by atoms with van der Waals surface area (Å²) in [5.41, 5.74) is 0.676. The number of para-hydroxylation sites is 1. The fourth-order valence-electron chi connectivity index (χ4n) is 3.25. The first-order valence-corrected chi connectivity index (χ1v) is 9.28. The van der Waals surface area contributed by atoms with Crippen LogP contribution in [0.4, 0.5) is 0 Å². The number of nitrogens with zero attached hydrogens (tertiary/aromatic N) is 1. The molecule has 0 aromatic heterocycles. The third kappa shape index (κ3) is 5.45. The molecule has 0 unspecified atom stereocenters. The fourth-order valence-corrected chi connectivity index (χ4v) is 3.25. The average molecular weight is 371 g/mol. The van der Waals surface area contributed by atoms with E-state index in [9.17, 15) is 9.90 Å². The predicted octanol–water partition coefficient (Wildman–Crippen LogP) is 0.476. The van der Waals surface area contributed by atoms with Gasteiger partial charge < -0.3 is 24.4 Å². The Morgan fingerprint density at radius 3 is 2.37 bits per heavy atom. The molecule has 6 nitrogen and oxygen atoms in total. The summed E-state index contributed by atoms with van der Waals surface area (Å²) in [7, 11) is 1.61. The molecule has 2 aromatic carbocycles. The highest BCUT2D eigenvalue weighted by Gasteiger charge is 2.26. The standard InChI is InChI=1S/C21H26N2O4/c1-26-19-9-7-17(8-10-19)21(25)23-13-11-22(12-14-23)15-18(24)16-27-20-5-3-2-4-6-20/h2-10,18,24H,11-16H2,1H3/p+1/t18-/m1/s1. The van der Waals surface area contributed by atoms with Crippen LogP contribution in [0.15, 0.2) is 54.6 Å². The molecule has 1 amide bonds. The number of quaternary nitrogens is 1. The number of hydrogen-bond acceptors (Lipinski definition) is 4. The lowest BCUT2D eigenvalue weighted by atomic mass is 10.1. The molecule has 1 aliphatic rings. The Morgan fingerprint density at radius 1 is 1.07 bits per heavy atom. The third-order valence-corrected chi connectivity index (χ3v) is 4.80. The number of carbonyl (C=O) groups excluding carboxylic acids is 1. The van der Waals surface area contributed by atoms with E-state index in [1.165, 1.54) is 4.90 Å². The first kappa shape index (κ1) is 19.2. The Morgan fingerprint density at radius 2 is 1.74 bits per heavy atom. The van der Waals surface area contributed by atoms with Crippen molar-refractivity contribution in [2.24, 2.45) is 0 Å². The summed E-state index contributed by atoms with van der Waals surface area (Å²) >= 11 is 0. The molecular weight excluding hydrogens is 344 g/mol. The van der Waals surface area contributed by atoms with E-state index in [0.717, 1.165) is 24.6 Å². The van der Waals surface area contributed by atoms with E-state index in [2.05, 4.69) is 0 Å². The summed E-state index contributed by atoms with van der Waals surface area (Å²) < 4.78 is 10.7. The highest BCUT2D eigenvalue weighted by atomic mass is 16.5. The first-order chi connectivity index (χ1) is 13.2. The SMILES string of the molecule is COc1ccc(C(=O)N2CC[NH+](C[C@@H](O)COc3ccccc3)CC2)cc1. The summed E-state index contributed by atoms with van der Waals surface area (Å²) in [5.74, 6) is 1.55.